The smallest absolute Gasteiger partial charge is 0.133 e. The zero-order valence-corrected chi connectivity index (χ0v) is 11.6. The molecule has 1 aromatic heterocycles. The van der Waals surface area contributed by atoms with Crippen molar-refractivity contribution in [2.75, 3.05) is 25.6 Å². The van der Waals surface area contributed by atoms with Gasteiger partial charge in [0.2, 0.25) is 0 Å². The lowest BCUT2D eigenvalue weighted by Crippen LogP contribution is -2.27. The third-order valence-corrected chi connectivity index (χ3v) is 3.15. The highest BCUT2D eigenvalue weighted by atomic mass is 16.5. The Bertz CT molecular complexity index is 567. The van der Waals surface area contributed by atoms with Crippen molar-refractivity contribution >= 4 is 16.6 Å². The lowest BCUT2D eigenvalue weighted by Gasteiger charge is -2.22. The Morgan fingerprint density at radius 3 is 2.74 bits per heavy atom. The Kier molecular flexibility index (Phi) is 3.90. The van der Waals surface area contributed by atoms with Gasteiger partial charge in [-0.25, -0.2) is 4.98 Å². The number of aliphatic hydroxyl groups excluding tert-OH is 1. The van der Waals surface area contributed by atoms with Gasteiger partial charge in [0.25, 0.3) is 0 Å². The molecule has 0 amide bonds. The first-order chi connectivity index (χ1) is 9.07. The lowest BCUT2D eigenvalue weighted by atomic mass is 9.95. The van der Waals surface area contributed by atoms with Crippen molar-refractivity contribution in [3.63, 3.8) is 0 Å². The molecule has 4 heteroatoms. The molecule has 0 aliphatic rings. The van der Waals surface area contributed by atoms with Gasteiger partial charge in [-0.2, -0.15) is 0 Å². The summed E-state index contributed by atoms with van der Waals surface area (Å²) >= 11 is 0. The molecule has 0 spiro atoms. The SMILES string of the molecule is COc1cccc2c(NCC(C)(C)CO)nccc12. The topological polar surface area (TPSA) is 54.4 Å². The van der Waals surface area contributed by atoms with Gasteiger partial charge in [0.1, 0.15) is 11.6 Å². The number of rotatable bonds is 5. The molecule has 102 valence electrons. The van der Waals surface area contributed by atoms with Gasteiger partial charge in [0.05, 0.1) is 7.11 Å². The fourth-order valence-electron chi connectivity index (χ4n) is 1.88. The van der Waals surface area contributed by atoms with E-state index in [1.165, 1.54) is 0 Å². The highest BCUT2D eigenvalue weighted by Gasteiger charge is 2.17. The summed E-state index contributed by atoms with van der Waals surface area (Å²) in [5.41, 5.74) is -0.178. The van der Waals surface area contributed by atoms with Crippen LogP contribution in [0, 0.1) is 5.41 Å². The second kappa shape index (κ2) is 5.45. The highest BCUT2D eigenvalue weighted by molar-refractivity contribution is 5.95. The molecule has 2 rings (SSSR count). The van der Waals surface area contributed by atoms with Gasteiger partial charge >= 0.3 is 0 Å². The molecule has 2 aromatic rings. The van der Waals surface area contributed by atoms with E-state index in [4.69, 9.17) is 4.74 Å². The minimum absolute atomic E-state index is 0.133. The van der Waals surface area contributed by atoms with Crippen molar-refractivity contribution in [3.8, 4) is 5.75 Å². The first-order valence-corrected chi connectivity index (χ1v) is 6.34. The molecule has 0 unspecified atom stereocenters. The van der Waals surface area contributed by atoms with Crippen molar-refractivity contribution in [2.45, 2.75) is 13.8 Å². The molecular formula is C15H20N2O2. The summed E-state index contributed by atoms with van der Waals surface area (Å²) in [6.45, 7) is 4.80. The Hall–Kier alpha value is -1.81. The number of hydrogen-bond acceptors (Lipinski definition) is 4. The Labute approximate surface area is 113 Å². The van der Waals surface area contributed by atoms with Gasteiger partial charge in [0, 0.05) is 35.5 Å². The monoisotopic (exact) mass is 260 g/mol. The van der Waals surface area contributed by atoms with Crippen LogP contribution in [0.3, 0.4) is 0 Å². The summed E-state index contributed by atoms with van der Waals surface area (Å²) in [5.74, 6) is 1.65. The zero-order chi connectivity index (χ0) is 13.9. The first-order valence-electron chi connectivity index (χ1n) is 6.34. The van der Waals surface area contributed by atoms with Crippen LogP contribution in [0.5, 0.6) is 5.75 Å². The number of aromatic nitrogens is 1. The van der Waals surface area contributed by atoms with E-state index in [9.17, 15) is 5.11 Å². The van der Waals surface area contributed by atoms with Gasteiger partial charge in [-0.3, -0.25) is 0 Å². The summed E-state index contributed by atoms with van der Waals surface area (Å²) in [6, 6.07) is 7.84. The van der Waals surface area contributed by atoms with Crippen molar-refractivity contribution in [1.82, 2.24) is 4.98 Å². The van der Waals surface area contributed by atoms with Gasteiger partial charge in [-0.05, 0) is 12.1 Å². The van der Waals surface area contributed by atoms with Gasteiger partial charge in [-0.15, -0.1) is 0 Å². The van der Waals surface area contributed by atoms with E-state index in [2.05, 4.69) is 10.3 Å². The summed E-state index contributed by atoms with van der Waals surface area (Å²) in [4.78, 5) is 4.37. The molecule has 0 radical (unpaired) electrons. The molecule has 0 saturated heterocycles. The van der Waals surface area contributed by atoms with Crippen LogP contribution in [-0.4, -0.2) is 30.4 Å². The number of hydrogen-bond donors (Lipinski definition) is 2. The molecule has 0 aliphatic heterocycles. The molecule has 0 fully saturated rings. The average molecular weight is 260 g/mol. The fourth-order valence-corrected chi connectivity index (χ4v) is 1.88. The lowest BCUT2D eigenvalue weighted by molar-refractivity contribution is 0.171. The van der Waals surface area contributed by atoms with E-state index in [1.54, 1.807) is 13.3 Å². The second-order valence-corrected chi connectivity index (χ2v) is 5.39. The predicted molar refractivity (Wildman–Crippen MR) is 77.7 cm³/mol. The zero-order valence-electron chi connectivity index (χ0n) is 11.6. The van der Waals surface area contributed by atoms with Crippen LogP contribution in [0.25, 0.3) is 10.8 Å². The number of nitrogens with zero attached hydrogens (tertiary/aromatic N) is 1. The van der Waals surface area contributed by atoms with Crippen molar-refractivity contribution in [2.24, 2.45) is 5.41 Å². The fraction of sp³-hybridized carbons (Fsp3) is 0.400. The Morgan fingerprint density at radius 2 is 2.05 bits per heavy atom. The van der Waals surface area contributed by atoms with Crippen LogP contribution in [0.1, 0.15) is 13.8 Å². The van der Waals surface area contributed by atoms with E-state index >= 15 is 0 Å². The number of ether oxygens (including phenoxy) is 1. The first kappa shape index (κ1) is 13.6. The Morgan fingerprint density at radius 1 is 1.26 bits per heavy atom. The number of anilines is 1. The van der Waals surface area contributed by atoms with Crippen LogP contribution in [0.2, 0.25) is 0 Å². The summed E-state index contributed by atoms with van der Waals surface area (Å²) in [7, 11) is 1.66. The molecule has 0 bridgehead atoms. The van der Waals surface area contributed by atoms with Crippen LogP contribution < -0.4 is 10.1 Å². The number of pyridine rings is 1. The maximum atomic E-state index is 9.29. The van der Waals surface area contributed by atoms with Crippen molar-refractivity contribution < 1.29 is 9.84 Å². The second-order valence-electron chi connectivity index (χ2n) is 5.39. The minimum Gasteiger partial charge on any atom is -0.496 e. The number of methoxy groups -OCH3 is 1. The molecular weight excluding hydrogens is 240 g/mol. The molecule has 0 atom stereocenters. The molecule has 1 aromatic carbocycles. The van der Waals surface area contributed by atoms with Crippen LogP contribution in [0.15, 0.2) is 30.5 Å². The highest BCUT2D eigenvalue weighted by Crippen LogP contribution is 2.29. The van der Waals surface area contributed by atoms with Crippen LogP contribution in [0.4, 0.5) is 5.82 Å². The van der Waals surface area contributed by atoms with Crippen molar-refractivity contribution in [3.05, 3.63) is 30.5 Å². The minimum atomic E-state index is -0.178. The standard InChI is InChI=1S/C15H20N2O2/c1-15(2,10-18)9-17-14-12-5-4-6-13(19-3)11(12)7-8-16-14/h4-8,18H,9-10H2,1-3H3,(H,16,17). The predicted octanol–water partition coefficient (Wildman–Crippen LogP) is 2.67. The van der Waals surface area contributed by atoms with Crippen molar-refractivity contribution in [1.29, 1.82) is 0 Å². The Balaban J connectivity index is 2.34. The summed E-state index contributed by atoms with van der Waals surface area (Å²) in [5, 5.41) is 14.6. The van der Waals surface area contributed by atoms with Crippen LogP contribution >= 0.6 is 0 Å². The maximum Gasteiger partial charge on any atom is 0.133 e. The third kappa shape index (κ3) is 2.96. The molecule has 4 nitrogen and oxygen atoms in total. The quantitative estimate of drug-likeness (QED) is 0.868. The molecule has 2 N–H and O–H groups in total. The molecule has 19 heavy (non-hydrogen) atoms. The molecule has 1 heterocycles. The van der Waals surface area contributed by atoms with E-state index in [1.807, 2.05) is 38.1 Å². The normalized spacial score (nSPS) is 11.6. The number of nitrogens with one attached hydrogen (secondary N) is 1. The molecule has 0 saturated carbocycles. The maximum absolute atomic E-state index is 9.29. The van der Waals surface area contributed by atoms with E-state index in [0.29, 0.717) is 6.54 Å². The third-order valence-electron chi connectivity index (χ3n) is 3.15. The van der Waals surface area contributed by atoms with Gasteiger partial charge < -0.3 is 15.2 Å². The average Bonchev–Trinajstić information content (AvgIpc) is 2.44. The van der Waals surface area contributed by atoms with E-state index < -0.39 is 0 Å². The summed E-state index contributed by atoms with van der Waals surface area (Å²) < 4.78 is 5.35. The summed E-state index contributed by atoms with van der Waals surface area (Å²) in [6.07, 6.45) is 1.76. The largest absolute Gasteiger partial charge is 0.496 e. The van der Waals surface area contributed by atoms with E-state index in [-0.39, 0.29) is 12.0 Å². The van der Waals surface area contributed by atoms with Gasteiger partial charge in [0.15, 0.2) is 0 Å². The molecule has 0 aliphatic carbocycles. The number of fused-ring (bicyclic) bond motifs is 1. The number of benzene rings is 1. The van der Waals surface area contributed by atoms with E-state index in [0.717, 1.165) is 22.3 Å². The number of aliphatic hydroxyl groups is 1. The van der Waals surface area contributed by atoms with Crippen LogP contribution in [-0.2, 0) is 0 Å². The van der Waals surface area contributed by atoms with Gasteiger partial charge in [-0.1, -0.05) is 26.0 Å².